The minimum atomic E-state index is -1.58. The Bertz CT molecular complexity index is 1560. The molecule has 0 saturated carbocycles. The molecular weight excluding hydrogens is 555 g/mol. The minimum Gasteiger partial charge on any atom is -0.507 e. The van der Waals surface area contributed by atoms with Crippen molar-refractivity contribution in [2.24, 2.45) is 0 Å². The summed E-state index contributed by atoms with van der Waals surface area (Å²) < 4.78 is 19.7. The second-order valence-electron chi connectivity index (χ2n) is 10.3. The molecule has 0 saturated heterocycles. The average Bonchev–Trinajstić information content (AvgIpc) is 3.20. The zero-order valence-corrected chi connectivity index (χ0v) is 23.8. The van der Waals surface area contributed by atoms with Crippen LogP contribution >= 0.6 is 11.6 Å². The fourth-order valence-corrected chi connectivity index (χ4v) is 5.30. The van der Waals surface area contributed by atoms with Gasteiger partial charge < -0.3 is 25.6 Å². The van der Waals surface area contributed by atoms with Gasteiger partial charge in [0.05, 0.1) is 21.8 Å². The lowest BCUT2D eigenvalue weighted by atomic mass is 9.70. The van der Waals surface area contributed by atoms with E-state index >= 15 is 0 Å². The summed E-state index contributed by atoms with van der Waals surface area (Å²) in [6, 6.07) is 4.36. The van der Waals surface area contributed by atoms with E-state index in [1.807, 2.05) is 0 Å². The number of fused-ring (bicyclic) bond motifs is 3. The summed E-state index contributed by atoms with van der Waals surface area (Å²) in [5.74, 6) is -3.75. The number of carbonyl (C=O) groups is 4. The zero-order chi connectivity index (χ0) is 30.2. The molecule has 0 bridgehead atoms. The number of phenols is 2. The second-order valence-corrected chi connectivity index (χ2v) is 10.7. The summed E-state index contributed by atoms with van der Waals surface area (Å²) in [5.41, 5.74) is -1.44. The molecule has 2 aliphatic rings. The average molecular weight is 585 g/mol. The molecule has 9 nitrogen and oxygen atoms in total. The van der Waals surface area contributed by atoms with Gasteiger partial charge >= 0.3 is 0 Å². The van der Waals surface area contributed by atoms with Gasteiger partial charge in [0.1, 0.15) is 34.0 Å². The van der Waals surface area contributed by atoms with Crippen LogP contribution in [0.2, 0.25) is 5.02 Å². The van der Waals surface area contributed by atoms with Crippen LogP contribution in [0.4, 0.5) is 10.1 Å². The van der Waals surface area contributed by atoms with Crippen LogP contribution in [0.3, 0.4) is 0 Å². The van der Waals surface area contributed by atoms with Crippen molar-refractivity contribution in [3.05, 3.63) is 68.8 Å². The highest BCUT2D eigenvalue weighted by molar-refractivity contribution is 6.31. The fourth-order valence-electron chi connectivity index (χ4n) is 5.13. The highest BCUT2D eigenvalue weighted by Crippen LogP contribution is 2.57. The summed E-state index contributed by atoms with van der Waals surface area (Å²) >= 11 is 5.73. The van der Waals surface area contributed by atoms with E-state index in [0.29, 0.717) is 31.5 Å². The Hall–Kier alpha value is -4.18. The predicted octanol–water partition coefficient (Wildman–Crippen LogP) is 5.15. The SMILES string of the molecule is CC(=O)c1c(O)c(C)c(O)c2c1OC1=CC(=O)/C(=C(/C)NCCCCCC(=O)Nc3cccc(Cl)c3F)C(=O)C12C. The Morgan fingerprint density at radius 3 is 2.49 bits per heavy atom. The Morgan fingerprint density at radius 1 is 1.10 bits per heavy atom. The van der Waals surface area contributed by atoms with Gasteiger partial charge in [0.2, 0.25) is 5.91 Å². The van der Waals surface area contributed by atoms with Gasteiger partial charge in [-0.25, -0.2) is 4.39 Å². The predicted molar refractivity (Wildman–Crippen MR) is 150 cm³/mol. The first-order chi connectivity index (χ1) is 19.3. The molecule has 4 rings (SSSR count). The molecule has 0 fully saturated rings. The van der Waals surface area contributed by atoms with Crippen LogP contribution < -0.4 is 15.4 Å². The quantitative estimate of drug-likeness (QED) is 0.137. The van der Waals surface area contributed by atoms with Crippen molar-refractivity contribution < 1.29 is 38.5 Å². The van der Waals surface area contributed by atoms with Crippen molar-refractivity contribution >= 4 is 40.5 Å². The molecule has 41 heavy (non-hydrogen) atoms. The van der Waals surface area contributed by atoms with Crippen molar-refractivity contribution in [3.63, 3.8) is 0 Å². The molecule has 0 aromatic heterocycles. The first-order valence-electron chi connectivity index (χ1n) is 13.1. The summed E-state index contributed by atoms with van der Waals surface area (Å²) in [6.45, 7) is 6.16. The molecule has 11 heteroatoms. The topological polar surface area (TPSA) is 142 Å². The molecule has 1 unspecified atom stereocenters. The van der Waals surface area contributed by atoms with Crippen LogP contribution in [0, 0.1) is 12.7 Å². The van der Waals surface area contributed by atoms with Gasteiger partial charge in [-0.05, 0) is 52.7 Å². The number of unbranched alkanes of at least 4 members (excludes halogenated alkanes) is 2. The van der Waals surface area contributed by atoms with Crippen LogP contribution in [0.1, 0.15) is 67.9 Å². The maximum Gasteiger partial charge on any atom is 0.224 e. The third-order valence-electron chi connectivity index (χ3n) is 7.46. The lowest BCUT2D eigenvalue weighted by molar-refractivity contribution is -0.123. The number of nitrogens with one attached hydrogen (secondary N) is 2. The Labute approximate surface area is 241 Å². The van der Waals surface area contributed by atoms with Gasteiger partial charge in [-0.3, -0.25) is 19.2 Å². The smallest absolute Gasteiger partial charge is 0.224 e. The zero-order valence-electron chi connectivity index (χ0n) is 23.0. The van der Waals surface area contributed by atoms with Gasteiger partial charge in [0.15, 0.2) is 23.2 Å². The van der Waals surface area contributed by atoms with E-state index in [2.05, 4.69) is 10.6 Å². The number of hydrogen-bond donors (Lipinski definition) is 4. The van der Waals surface area contributed by atoms with Crippen molar-refractivity contribution in [1.29, 1.82) is 0 Å². The molecule has 0 spiro atoms. The van der Waals surface area contributed by atoms with Gasteiger partial charge in [-0.1, -0.05) is 24.1 Å². The molecule has 1 amide bonds. The number of anilines is 1. The molecule has 1 aliphatic carbocycles. The van der Waals surface area contributed by atoms with E-state index < -0.39 is 34.3 Å². The molecule has 1 heterocycles. The molecule has 0 radical (unpaired) electrons. The number of aromatic hydroxyl groups is 2. The summed E-state index contributed by atoms with van der Waals surface area (Å²) in [6.07, 6.45) is 3.15. The number of phenolic OH excluding ortho intramolecular Hbond substituents is 2. The van der Waals surface area contributed by atoms with E-state index in [-0.39, 0.29) is 62.6 Å². The number of benzene rings is 2. The van der Waals surface area contributed by atoms with Gasteiger partial charge in [-0.15, -0.1) is 0 Å². The highest BCUT2D eigenvalue weighted by Gasteiger charge is 2.56. The Balaban J connectivity index is 1.42. The first kappa shape index (κ1) is 29.8. The van der Waals surface area contributed by atoms with Crippen molar-refractivity contribution in [2.75, 3.05) is 11.9 Å². The summed E-state index contributed by atoms with van der Waals surface area (Å²) in [4.78, 5) is 51.2. The standard InChI is InChI=1S/C30H30ClFN2O7/c1-14-26(38)23(16(3)35)28-24(27(14)39)30(4)20(41-28)13-19(36)22(29(30)40)15(2)33-12-7-5-6-11-21(37)34-18-10-8-9-17(31)25(18)32/h8-10,13,33,38-39H,5-7,11-12H2,1-4H3,(H,34,37)/b22-15+. The monoisotopic (exact) mass is 584 g/mol. The number of Topliss-reactive ketones (excluding diaryl/α,β-unsaturated/α-hetero) is 2. The lowest BCUT2D eigenvalue weighted by Gasteiger charge is -2.29. The minimum absolute atomic E-state index is 0.0206. The lowest BCUT2D eigenvalue weighted by Crippen LogP contribution is -2.41. The number of ketones is 3. The van der Waals surface area contributed by atoms with E-state index in [0.717, 1.165) is 0 Å². The molecule has 216 valence electrons. The van der Waals surface area contributed by atoms with E-state index in [1.165, 1.54) is 39.0 Å². The highest BCUT2D eigenvalue weighted by atomic mass is 35.5. The van der Waals surface area contributed by atoms with E-state index in [9.17, 15) is 33.8 Å². The molecule has 1 aliphatic heterocycles. The number of allylic oxidation sites excluding steroid dienone is 4. The van der Waals surface area contributed by atoms with Crippen LogP contribution in [0.25, 0.3) is 0 Å². The maximum atomic E-state index is 14.0. The third-order valence-corrected chi connectivity index (χ3v) is 7.75. The Morgan fingerprint density at radius 2 is 1.80 bits per heavy atom. The van der Waals surface area contributed by atoms with Crippen molar-refractivity contribution in [2.45, 2.75) is 58.8 Å². The number of rotatable bonds is 9. The molecule has 2 aromatic carbocycles. The molecule has 4 N–H and O–H groups in total. The van der Waals surface area contributed by atoms with Gasteiger partial charge in [-0.2, -0.15) is 0 Å². The molecular formula is C30H30ClFN2O7. The second kappa shape index (κ2) is 11.4. The van der Waals surface area contributed by atoms with Gasteiger partial charge in [0.25, 0.3) is 0 Å². The fraction of sp³-hybridized carbons (Fsp3) is 0.333. The molecule has 2 aromatic rings. The normalized spacial score (nSPS) is 18.7. The van der Waals surface area contributed by atoms with Crippen molar-refractivity contribution in [3.8, 4) is 17.2 Å². The maximum absolute atomic E-state index is 14.0. The van der Waals surface area contributed by atoms with Crippen molar-refractivity contribution in [1.82, 2.24) is 5.32 Å². The summed E-state index contributed by atoms with van der Waals surface area (Å²) in [5, 5.41) is 26.9. The van der Waals surface area contributed by atoms with E-state index in [1.54, 1.807) is 13.0 Å². The number of hydrogen-bond acceptors (Lipinski definition) is 8. The van der Waals surface area contributed by atoms with Crippen LogP contribution in [0.5, 0.6) is 17.2 Å². The number of amides is 1. The van der Waals surface area contributed by atoms with E-state index in [4.69, 9.17) is 16.3 Å². The van der Waals surface area contributed by atoms with Gasteiger partial charge in [0, 0.05) is 30.3 Å². The third kappa shape index (κ3) is 5.19. The number of halogens is 2. The Kier molecular flexibility index (Phi) is 8.26. The van der Waals surface area contributed by atoms with Crippen LogP contribution in [-0.4, -0.2) is 40.0 Å². The van der Waals surface area contributed by atoms with Crippen LogP contribution in [0.15, 0.2) is 41.3 Å². The summed E-state index contributed by atoms with van der Waals surface area (Å²) in [7, 11) is 0. The molecule has 1 atom stereocenters. The largest absolute Gasteiger partial charge is 0.507 e. The number of carbonyl (C=O) groups excluding carboxylic acids is 4. The number of ether oxygens (including phenoxy) is 1. The van der Waals surface area contributed by atoms with Crippen LogP contribution in [-0.2, 0) is 19.8 Å². The first-order valence-corrected chi connectivity index (χ1v) is 13.5.